The van der Waals surface area contributed by atoms with E-state index in [-0.39, 0.29) is 29.9 Å². The Balaban J connectivity index is 1.72. The molecule has 3 atom stereocenters. The number of aliphatic hydroxyl groups is 1. The van der Waals surface area contributed by atoms with Gasteiger partial charge in [0.15, 0.2) is 0 Å². The number of furan rings is 1. The molecular formula is C19H30ClNO5. The highest BCUT2D eigenvalue weighted by molar-refractivity contribution is 6.21. The van der Waals surface area contributed by atoms with Crippen molar-refractivity contribution < 1.29 is 24.2 Å². The first-order valence-electron chi connectivity index (χ1n) is 9.47. The monoisotopic (exact) mass is 387 g/mol. The van der Waals surface area contributed by atoms with Gasteiger partial charge >= 0.3 is 5.97 Å². The Morgan fingerprint density at radius 2 is 2.23 bits per heavy atom. The van der Waals surface area contributed by atoms with Gasteiger partial charge in [-0.15, -0.1) is 11.6 Å². The summed E-state index contributed by atoms with van der Waals surface area (Å²) in [7, 11) is 0. The number of aromatic carboxylic acids is 1. The van der Waals surface area contributed by atoms with Crippen LogP contribution in [-0.2, 0) is 11.3 Å². The van der Waals surface area contributed by atoms with E-state index < -0.39 is 5.97 Å². The number of halogens is 1. The molecule has 148 valence electrons. The minimum atomic E-state index is -1.09. The van der Waals surface area contributed by atoms with E-state index in [9.17, 15) is 9.90 Å². The number of carboxylic acid groups (broad SMARTS) is 1. The fourth-order valence-electron chi connectivity index (χ4n) is 3.30. The summed E-state index contributed by atoms with van der Waals surface area (Å²) in [6.07, 6.45) is 5.67. The number of nitrogens with zero attached hydrogens (tertiary/aromatic N) is 1. The van der Waals surface area contributed by atoms with E-state index >= 15 is 0 Å². The lowest BCUT2D eigenvalue weighted by Gasteiger charge is -2.26. The summed E-state index contributed by atoms with van der Waals surface area (Å²) in [6, 6.07) is 3.14. The summed E-state index contributed by atoms with van der Waals surface area (Å²) in [4.78, 5) is 13.1. The molecule has 26 heavy (non-hydrogen) atoms. The van der Waals surface area contributed by atoms with Crippen LogP contribution in [0.5, 0.6) is 0 Å². The fraction of sp³-hybridized carbons (Fsp3) is 0.737. The average molecular weight is 388 g/mol. The number of carboxylic acids is 1. The van der Waals surface area contributed by atoms with Crippen molar-refractivity contribution in [1.82, 2.24) is 4.90 Å². The van der Waals surface area contributed by atoms with Crippen molar-refractivity contribution in [2.75, 3.05) is 19.7 Å². The molecule has 0 aliphatic carbocycles. The molecule has 2 N–H and O–H groups in total. The number of hydrogen-bond acceptors (Lipinski definition) is 5. The highest BCUT2D eigenvalue weighted by Gasteiger charge is 2.32. The van der Waals surface area contributed by atoms with Crippen LogP contribution in [0.1, 0.15) is 61.8 Å². The van der Waals surface area contributed by atoms with Crippen molar-refractivity contribution in [1.29, 1.82) is 0 Å². The highest BCUT2D eigenvalue weighted by Crippen LogP contribution is 2.24. The first kappa shape index (κ1) is 21.2. The van der Waals surface area contributed by atoms with Crippen molar-refractivity contribution in [3.8, 4) is 0 Å². The average Bonchev–Trinajstić information content (AvgIpc) is 3.21. The lowest BCUT2D eigenvalue weighted by Crippen LogP contribution is -2.38. The number of alkyl halides is 1. The van der Waals surface area contributed by atoms with Gasteiger partial charge in [-0.3, -0.25) is 4.90 Å². The molecule has 0 aromatic carbocycles. The van der Waals surface area contributed by atoms with Crippen LogP contribution in [0.15, 0.2) is 16.5 Å². The van der Waals surface area contributed by atoms with E-state index in [0.717, 1.165) is 51.6 Å². The summed E-state index contributed by atoms with van der Waals surface area (Å²) < 4.78 is 10.9. The van der Waals surface area contributed by atoms with E-state index in [1.165, 1.54) is 6.07 Å². The summed E-state index contributed by atoms with van der Waals surface area (Å²) in [5.74, 6) is -0.681. The number of ether oxygens (including phenoxy) is 1. The zero-order valence-electron chi connectivity index (χ0n) is 15.4. The summed E-state index contributed by atoms with van der Waals surface area (Å²) in [6.45, 7) is 4.57. The topological polar surface area (TPSA) is 83.1 Å². The van der Waals surface area contributed by atoms with E-state index in [1.54, 1.807) is 6.07 Å². The van der Waals surface area contributed by atoms with Gasteiger partial charge in [0.05, 0.1) is 18.1 Å². The third-order valence-electron chi connectivity index (χ3n) is 4.87. The number of carbonyl (C=O) groups is 1. The Morgan fingerprint density at radius 1 is 1.42 bits per heavy atom. The van der Waals surface area contributed by atoms with Crippen LogP contribution in [0.25, 0.3) is 0 Å². The Labute approximate surface area is 160 Å². The molecule has 7 heteroatoms. The van der Waals surface area contributed by atoms with Crippen LogP contribution < -0.4 is 0 Å². The molecule has 1 aliphatic heterocycles. The van der Waals surface area contributed by atoms with E-state index in [2.05, 4.69) is 11.8 Å². The first-order valence-corrected chi connectivity index (χ1v) is 9.90. The fourth-order valence-corrected chi connectivity index (χ4v) is 3.63. The number of aliphatic hydroxyl groups excluding tert-OH is 1. The zero-order valence-corrected chi connectivity index (χ0v) is 16.2. The molecule has 1 fully saturated rings. The highest BCUT2D eigenvalue weighted by atomic mass is 35.5. The largest absolute Gasteiger partial charge is 0.475 e. The minimum Gasteiger partial charge on any atom is -0.475 e. The molecular weight excluding hydrogens is 358 g/mol. The lowest BCUT2D eigenvalue weighted by atomic mass is 10.1. The Morgan fingerprint density at radius 3 is 2.92 bits per heavy atom. The Kier molecular flexibility index (Phi) is 8.91. The molecule has 1 unspecified atom stereocenters. The second kappa shape index (κ2) is 10.9. The van der Waals surface area contributed by atoms with Crippen molar-refractivity contribution in [3.63, 3.8) is 0 Å². The second-order valence-corrected chi connectivity index (χ2v) is 7.49. The summed E-state index contributed by atoms with van der Waals surface area (Å²) >= 11 is 6.43. The normalized spacial score (nSPS) is 22.0. The molecule has 1 aromatic heterocycles. The van der Waals surface area contributed by atoms with Crippen LogP contribution >= 0.6 is 11.6 Å². The van der Waals surface area contributed by atoms with E-state index in [1.807, 2.05) is 0 Å². The molecule has 6 nitrogen and oxygen atoms in total. The lowest BCUT2D eigenvalue weighted by molar-refractivity contribution is 0.0495. The van der Waals surface area contributed by atoms with E-state index in [0.29, 0.717) is 12.4 Å². The first-order chi connectivity index (χ1) is 12.5. The molecule has 0 saturated carbocycles. The predicted octanol–water partition coefficient (Wildman–Crippen LogP) is 3.51. The molecule has 1 aliphatic rings. The molecule has 0 radical (unpaired) electrons. The van der Waals surface area contributed by atoms with Gasteiger partial charge in [0.2, 0.25) is 5.76 Å². The van der Waals surface area contributed by atoms with Crippen LogP contribution in [0.2, 0.25) is 0 Å². The second-order valence-electron chi connectivity index (χ2n) is 6.93. The molecule has 0 spiro atoms. The number of unbranched alkanes of at least 4 members (excludes halogenated alkanes) is 2. The third-order valence-corrected chi connectivity index (χ3v) is 5.38. The molecule has 1 aromatic rings. The van der Waals surface area contributed by atoms with Gasteiger partial charge in [-0.25, -0.2) is 4.79 Å². The van der Waals surface area contributed by atoms with Crippen LogP contribution in [0.3, 0.4) is 0 Å². The van der Waals surface area contributed by atoms with Gasteiger partial charge in [0.1, 0.15) is 12.4 Å². The van der Waals surface area contributed by atoms with Gasteiger partial charge in [-0.2, -0.15) is 0 Å². The third kappa shape index (κ3) is 6.58. The molecule has 1 saturated heterocycles. The molecule has 2 rings (SSSR count). The van der Waals surface area contributed by atoms with Crippen LogP contribution in [0.4, 0.5) is 0 Å². The maximum Gasteiger partial charge on any atom is 0.371 e. The van der Waals surface area contributed by atoms with Crippen molar-refractivity contribution in [2.24, 2.45) is 0 Å². The Bertz CT molecular complexity index is 550. The van der Waals surface area contributed by atoms with Crippen molar-refractivity contribution >= 4 is 17.6 Å². The maximum atomic E-state index is 10.8. The van der Waals surface area contributed by atoms with Gasteiger partial charge in [0, 0.05) is 19.1 Å². The summed E-state index contributed by atoms with van der Waals surface area (Å²) in [5.41, 5.74) is 0. The number of hydrogen-bond donors (Lipinski definition) is 2. The molecule has 0 bridgehead atoms. The van der Waals surface area contributed by atoms with Crippen LogP contribution in [0, 0.1) is 0 Å². The summed E-state index contributed by atoms with van der Waals surface area (Å²) in [5, 5.41) is 19.0. The molecule has 2 heterocycles. The zero-order chi connectivity index (χ0) is 18.9. The van der Waals surface area contributed by atoms with Crippen molar-refractivity contribution in [3.05, 3.63) is 23.7 Å². The van der Waals surface area contributed by atoms with Gasteiger partial charge < -0.3 is 19.4 Å². The van der Waals surface area contributed by atoms with Gasteiger partial charge in [0.25, 0.3) is 0 Å². The number of rotatable bonds is 12. The smallest absolute Gasteiger partial charge is 0.371 e. The van der Waals surface area contributed by atoms with Gasteiger partial charge in [-0.05, 0) is 31.4 Å². The van der Waals surface area contributed by atoms with Gasteiger partial charge in [-0.1, -0.05) is 26.2 Å². The standard InChI is InChI=1S/C19H30ClNO5/c1-2-3-4-5-14(22)8-10-21-11-9-16(20)17(21)13-25-12-15-6-7-18(26-15)19(23)24/h6-7,14,16-17,22H,2-5,8-13H2,1H3,(H,23,24)/t14?,16-,17+/m1/s1. The van der Waals surface area contributed by atoms with Crippen LogP contribution in [-0.4, -0.2) is 58.3 Å². The predicted molar refractivity (Wildman–Crippen MR) is 99.7 cm³/mol. The maximum absolute atomic E-state index is 10.8. The van der Waals surface area contributed by atoms with E-state index in [4.69, 9.17) is 25.9 Å². The quantitative estimate of drug-likeness (QED) is 0.422. The van der Waals surface area contributed by atoms with Crippen molar-refractivity contribution in [2.45, 2.75) is 69.6 Å². The number of likely N-dealkylation sites (tertiary alicyclic amines) is 1. The molecule has 0 amide bonds. The SMILES string of the molecule is CCCCCC(O)CCN1CC[C@@H](Cl)[C@@H]1COCc1ccc(C(=O)O)o1. The Hall–Kier alpha value is -1.08. The minimum absolute atomic E-state index is 0.0263.